The number of carbonyl (C=O) groups excluding carboxylic acids is 1. The van der Waals surface area contributed by atoms with Crippen molar-refractivity contribution in [3.8, 4) is 0 Å². The molecule has 0 aromatic rings. The highest BCUT2D eigenvalue weighted by Crippen LogP contribution is 2.00. The van der Waals surface area contributed by atoms with E-state index in [0.29, 0.717) is 0 Å². The van der Waals surface area contributed by atoms with Crippen LogP contribution in [0.1, 0.15) is 0 Å². The third kappa shape index (κ3) is 2.95. The molecule has 0 bridgehead atoms. The van der Waals surface area contributed by atoms with E-state index < -0.39 is 30.2 Å². The Morgan fingerprint density at radius 1 is 1.08 bits per heavy atom. The number of aliphatic hydroxyl groups excluding tert-OH is 3. The number of carbonyl (C=O) groups is 2. The average molecular weight is 195 g/mol. The van der Waals surface area contributed by atoms with Crippen LogP contribution < -0.4 is 5.48 Å². The molecule has 0 rings (SSSR count). The lowest BCUT2D eigenvalue weighted by atomic mass is 10.1. The summed E-state index contributed by atoms with van der Waals surface area (Å²) in [6.45, 7) is 0. The molecule has 0 unspecified atom stereocenters. The molecule has 76 valence electrons. The Morgan fingerprint density at radius 2 is 1.54 bits per heavy atom. The summed E-state index contributed by atoms with van der Waals surface area (Å²) in [5.41, 5.74) is 0.986. The Balaban J connectivity index is 4.32. The number of rotatable bonds is 4. The van der Waals surface area contributed by atoms with Crippen molar-refractivity contribution in [3.05, 3.63) is 0 Å². The number of aliphatic carboxylic acids is 1. The summed E-state index contributed by atoms with van der Waals surface area (Å²) in [4.78, 5) is 20.4. The lowest BCUT2D eigenvalue weighted by Crippen LogP contribution is -2.49. The second kappa shape index (κ2) is 4.72. The van der Waals surface area contributed by atoms with Crippen LogP contribution >= 0.6 is 0 Å². The van der Waals surface area contributed by atoms with E-state index in [-0.39, 0.29) is 0 Å². The largest absolute Gasteiger partial charge is 0.479 e. The van der Waals surface area contributed by atoms with E-state index in [2.05, 4.69) is 0 Å². The minimum atomic E-state index is -2.30. The van der Waals surface area contributed by atoms with Gasteiger partial charge < -0.3 is 20.4 Å². The fourth-order valence-corrected chi connectivity index (χ4v) is 0.540. The Labute approximate surface area is 72.0 Å². The molecule has 0 saturated carbocycles. The molecule has 0 aromatic carbocycles. The molecule has 6 N–H and O–H groups in total. The minimum Gasteiger partial charge on any atom is -0.479 e. The van der Waals surface area contributed by atoms with E-state index in [4.69, 9.17) is 25.6 Å². The number of nitrogens with one attached hydrogen (secondary N) is 1. The molecule has 3 atom stereocenters. The molecule has 1 amide bonds. The van der Waals surface area contributed by atoms with Crippen LogP contribution in [0.15, 0.2) is 0 Å². The van der Waals surface area contributed by atoms with Gasteiger partial charge in [-0.15, -0.1) is 0 Å². The quantitative estimate of drug-likeness (QED) is 0.203. The van der Waals surface area contributed by atoms with E-state index in [9.17, 15) is 9.59 Å². The topological polar surface area (TPSA) is 147 Å². The molecule has 0 heterocycles. The fourth-order valence-electron chi connectivity index (χ4n) is 0.540. The Bertz CT molecular complexity index is 205. The molecule has 0 fully saturated rings. The summed E-state index contributed by atoms with van der Waals surface area (Å²) in [5, 5.41) is 42.3. The number of hydrogen-bond donors (Lipinski definition) is 6. The Hall–Kier alpha value is -1.22. The fraction of sp³-hybridized carbons (Fsp3) is 0.600. The van der Waals surface area contributed by atoms with Crippen molar-refractivity contribution in [2.75, 3.05) is 0 Å². The minimum absolute atomic E-state index is 0.986. The SMILES string of the molecule is O=C(O)[C@H](O)[C@H](O)[C@@H](O)C(=O)NO. The molecular formula is C5H9NO7. The predicted molar refractivity (Wildman–Crippen MR) is 35.6 cm³/mol. The van der Waals surface area contributed by atoms with Crippen molar-refractivity contribution in [3.63, 3.8) is 0 Å². The standard InChI is InChI=1S/C5H9NO7/c7-1(3(9)5(11)12)2(8)4(10)6-13/h1-3,7-9,13H,(H,6,10)(H,11,12)/t1-,2-,3-/m1/s1. The summed E-state index contributed by atoms with van der Waals surface area (Å²) >= 11 is 0. The zero-order chi connectivity index (χ0) is 10.6. The third-order valence-corrected chi connectivity index (χ3v) is 1.28. The summed E-state index contributed by atoms with van der Waals surface area (Å²) in [7, 11) is 0. The van der Waals surface area contributed by atoms with Crippen LogP contribution in [0.4, 0.5) is 0 Å². The summed E-state index contributed by atoms with van der Waals surface area (Å²) in [6.07, 6.45) is -6.71. The van der Waals surface area contributed by atoms with Gasteiger partial charge in [0.1, 0.15) is 6.10 Å². The van der Waals surface area contributed by atoms with Gasteiger partial charge in [0.25, 0.3) is 5.91 Å². The van der Waals surface area contributed by atoms with Crippen LogP contribution in [0.3, 0.4) is 0 Å². The van der Waals surface area contributed by atoms with Crippen LogP contribution in [-0.2, 0) is 9.59 Å². The second-order valence-electron chi connectivity index (χ2n) is 2.19. The predicted octanol–water partition coefficient (Wildman–Crippen LogP) is -3.34. The van der Waals surface area contributed by atoms with Crippen molar-refractivity contribution in [2.24, 2.45) is 0 Å². The van der Waals surface area contributed by atoms with E-state index in [1.54, 1.807) is 0 Å². The average Bonchev–Trinajstić information content (AvgIpc) is 2.12. The van der Waals surface area contributed by atoms with Gasteiger partial charge in [0.2, 0.25) is 0 Å². The summed E-state index contributed by atoms with van der Waals surface area (Å²) < 4.78 is 0. The van der Waals surface area contributed by atoms with Crippen LogP contribution in [-0.4, -0.2) is 55.8 Å². The lowest BCUT2D eigenvalue weighted by molar-refractivity contribution is -0.163. The van der Waals surface area contributed by atoms with Gasteiger partial charge >= 0.3 is 5.97 Å². The third-order valence-electron chi connectivity index (χ3n) is 1.28. The van der Waals surface area contributed by atoms with E-state index in [1.165, 1.54) is 0 Å². The van der Waals surface area contributed by atoms with Crippen LogP contribution in [0.5, 0.6) is 0 Å². The van der Waals surface area contributed by atoms with Gasteiger partial charge in [-0.3, -0.25) is 10.0 Å². The molecule has 8 nitrogen and oxygen atoms in total. The highest BCUT2D eigenvalue weighted by atomic mass is 16.5. The number of hydrogen-bond acceptors (Lipinski definition) is 6. The van der Waals surface area contributed by atoms with Gasteiger partial charge in [-0.1, -0.05) is 0 Å². The van der Waals surface area contributed by atoms with Gasteiger partial charge in [-0.05, 0) is 0 Å². The highest BCUT2D eigenvalue weighted by molar-refractivity contribution is 5.82. The lowest BCUT2D eigenvalue weighted by Gasteiger charge is -2.17. The molecule has 0 spiro atoms. The van der Waals surface area contributed by atoms with Crippen molar-refractivity contribution in [1.29, 1.82) is 0 Å². The second-order valence-corrected chi connectivity index (χ2v) is 2.19. The number of amides is 1. The Kier molecular flexibility index (Phi) is 4.28. The molecular weight excluding hydrogens is 186 g/mol. The Morgan fingerprint density at radius 3 is 1.85 bits per heavy atom. The molecule has 0 aliphatic carbocycles. The van der Waals surface area contributed by atoms with Gasteiger partial charge in [0, 0.05) is 0 Å². The zero-order valence-electron chi connectivity index (χ0n) is 6.28. The number of hydroxylamine groups is 1. The highest BCUT2D eigenvalue weighted by Gasteiger charge is 2.34. The first-order valence-corrected chi connectivity index (χ1v) is 3.12. The first-order chi connectivity index (χ1) is 5.91. The first kappa shape index (κ1) is 11.8. The van der Waals surface area contributed by atoms with E-state index in [0.717, 1.165) is 5.48 Å². The maximum absolute atomic E-state index is 10.4. The summed E-state index contributed by atoms with van der Waals surface area (Å²) in [5.74, 6) is -3.20. The molecule has 0 aliphatic heterocycles. The van der Waals surface area contributed by atoms with Crippen LogP contribution in [0.2, 0.25) is 0 Å². The number of carboxylic acid groups (broad SMARTS) is 1. The van der Waals surface area contributed by atoms with Crippen molar-refractivity contribution < 1.29 is 35.2 Å². The monoisotopic (exact) mass is 195 g/mol. The van der Waals surface area contributed by atoms with Crippen molar-refractivity contribution in [1.82, 2.24) is 5.48 Å². The first-order valence-electron chi connectivity index (χ1n) is 3.12. The van der Waals surface area contributed by atoms with E-state index in [1.807, 2.05) is 0 Å². The molecule has 8 heteroatoms. The van der Waals surface area contributed by atoms with E-state index >= 15 is 0 Å². The van der Waals surface area contributed by atoms with Gasteiger partial charge in [0.05, 0.1) is 0 Å². The van der Waals surface area contributed by atoms with Crippen LogP contribution in [0.25, 0.3) is 0 Å². The molecule has 0 saturated heterocycles. The molecule has 13 heavy (non-hydrogen) atoms. The molecule has 0 radical (unpaired) electrons. The molecule has 0 aromatic heterocycles. The van der Waals surface area contributed by atoms with Crippen molar-refractivity contribution >= 4 is 11.9 Å². The van der Waals surface area contributed by atoms with Gasteiger partial charge in [0.15, 0.2) is 12.2 Å². The number of carboxylic acids is 1. The van der Waals surface area contributed by atoms with Gasteiger partial charge in [-0.25, -0.2) is 10.3 Å². The van der Waals surface area contributed by atoms with Crippen LogP contribution in [0, 0.1) is 0 Å². The molecule has 0 aliphatic rings. The normalized spacial score (nSPS) is 17.2. The van der Waals surface area contributed by atoms with Gasteiger partial charge in [-0.2, -0.15) is 0 Å². The summed E-state index contributed by atoms with van der Waals surface area (Å²) in [6, 6.07) is 0. The smallest absolute Gasteiger partial charge is 0.335 e. The zero-order valence-corrected chi connectivity index (χ0v) is 6.28. The van der Waals surface area contributed by atoms with Crippen molar-refractivity contribution in [2.45, 2.75) is 18.3 Å². The maximum atomic E-state index is 10.4. The number of aliphatic hydroxyl groups is 3. The maximum Gasteiger partial charge on any atom is 0.335 e.